The van der Waals surface area contributed by atoms with Gasteiger partial charge in [0.2, 0.25) is 6.41 Å². The highest BCUT2D eigenvalue weighted by molar-refractivity contribution is 6.30. The van der Waals surface area contributed by atoms with E-state index in [1.165, 1.54) is 29.1 Å². The van der Waals surface area contributed by atoms with E-state index in [2.05, 4.69) is 28.3 Å². The summed E-state index contributed by atoms with van der Waals surface area (Å²) in [6, 6.07) is 3.35. The van der Waals surface area contributed by atoms with Crippen LogP contribution in [0.3, 0.4) is 0 Å². The molecule has 12 heteroatoms. The summed E-state index contributed by atoms with van der Waals surface area (Å²) in [5.74, 6) is 4.19. The van der Waals surface area contributed by atoms with Gasteiger partial charge in [0, 0.05) is 32.9 Å². The van der Waals surface area contributed by atoms with Crippen molar-refractivity contribution >= 4 is 23.9 Å². The Balaban J connectivity index is 2.49. The second-order valence-corrected chi connectivity index (χ2v) is 7.71. The zero-order valence-electron chi connectivity index (χ0n) is 19.0. The number of nitrogens with one attached hydrogen (secondary N) is 1. The first kappa shape index (κ1) is 26.8. The largest absolute Gasteiger partial charge is 0.452 e. The van der Waals surface area contributed by atoms with Gasteiger partial charge in [-0.05, 0) is 24.6 Å². The first-order valence-electron chi connectivity index (χ1n) is 10.2. The number of halogens is 2. The molecule has 2 rings (SSSR count). The Bertz CT molecular complexity index is 969. The van der Waals surface area contributed by atoms with Gasteiger partial charge in [-0.3, -0.25) is 14.6 Å². The lowest BCUT2D eigenvalue weighted by Gasteiger charge is -2.30. The summed E-state index contributed by atoms with van der Waals surface area (Å²) >= 11 is 5.95. The highest BCUT2D eigenvalue weighted by Crippen LogP contribution is 2.28. The summed E-state index contributed by atoms with van der Waals surface area (Å²) in [6.07, 6.45) is 3.87. The average Bonchev–Trinajstić information content (AvgIpc) is 3.16. The van der Waals surface area contributed by atoms with Crippen LogP contribution in [0.15, 0.2) is 66.7 Å². The van der Waals surface area contributed by atoms with E-state index < -0.39 is 18.1 Å². The van der Waals surface area contributed by atoms with Gasteiger partial charge in [0.15, 0.2) is 0 Å². The highest BCUT2D eigenvalue weighted by atomic mass is 35.5. The minimum absolute atomic E-state index is 0.0642. The molecule has 1 aliphatic heterocycles. The second-order valence-electron chi connectivity index (χ2n) is 7.27. The number of allylic oxidation sites excluding steroid dienone is 3. The zero-order chi connectivity index (χ0) is 25.3. The van der Waals surface area contributed by atoms with Crippen LogP contribution in [-0.4, -0.2) is 65.6 Å². The number of rotatable bonds is 13. The van der Waals surface area contributed by atoms with Crippen molar-refractivity contribution in [2.24, 2.45) is 5.90 Å². The van der Waals surface area contributed by atoms with Crippen LogP contribution in [0.2, 0.25) is 5.02 Å². The van der Waals surface area contributed by atoms with Crippen molar-refractivity contribution in [3.05, 3.63) is 77.5 Å². The Morgan fingerprint density at radius 3 is 2.74 bits per heavy atom. The average molecular weight is 495 g/mol. The van der Waals surface area contributed by atoms with Crippen LogP contribution in [0.25, 0.3) is 0 Å². The normalized spacial score (nSPS) is 15.6. The number of hydrogen-bond acceptors (Lipinski definition) is 8. The molecule has 1 atom stereocenters. The van der Waals surface area contributed by atoms with Crippen molar-refractivity contribution in [3.63, 3.8) is 0 Å². The summed E-state index contributed by atoms with van der Waals surface area (Å²) < 4.78 is 19.3. The maximum Gasteiger partial charge on any atom is 0.273 e. The lowest BCUT2D eigenvalue weighted by atomic mass is 10.2. The third-order valence-electron chi connectivity index (χ3n) is 4.74. The SMILES string of the molecule is C=C/C(=C\C(=C)F)OC1NC(N(C)C=O)=C(C(=O)N(C)CCCON)N1Cc1ccc(Cl)cn1. The lowest BCUT2D eigenvalue weighted by molar-refractivity contribution is -0.129. The molecule has 184 valence electrons. The number of nitrogens with zero attached hydrogens (tertiary/aromatic N) is 4. The summed E-state index contributed by atoms with van der Waals surface area (Å²) in [5.41, 5.74) is 0.716. The van der Waals surface area contributed by atoms with Crippen LogP contribution in [0.4, 0.5) is 4.39 Å². The monoisotopic (exact) mass is 494 g/mol. The summed E-state index contributed by atoms with van der Waals surface area (Å²) in [5, 5.41) is 3.45. The maximum absolute atomic E-state index is 13.5. The van der Waals surface area contributed by atoms with E-state index in [9.17, 15) is 14.0 Å². The molecule has 1 unspecified atom stereocenters. The number of carbonyl (C=O) groups is 2. The first-order valence-corrected chi connectivity index (χ1v) is 10.6. The first-order chi connectivity index (χ1) is 16.2. The zero-order valence-corrected chi connectivity index (χ0v) is 19.8. The van der Waals surface area contributed by atoms with E-state index in [-0.39, 0.29) is 30.4 Å². The number of pyridine rings is 1. The minimum atomic E-state index is -1.00. The fourth-order valence-electron chi connectivity index (χ4n) is 3.08. The molecule has 3 N–H and O–H groups in total. The van der Waals surface area contributed by atoms with Gasteiger partial charge in [0.05, 0.1) is 23.9 Å². The van der Waals surface area contributed by atoms with E-state index >= 15 is 0 Å². The van der Waals surface area contributed by atoms with Crippen molar-refractivity contribution < 1.29 is 23.6 Å². The van der Waals surface area contributed by atoms with E-state index in [0.717, 1.165) is 6.08 Å². The number of amides is 2. The number of carbonyl (C=O) groups excluding carboxylic acids is 2. The Hall–Kier alpha value is -3.41. The van der Waals surface area contributed by atoms with E-state index in [0.29, 0.717) is 30.1 Å². The molecular weight excluding hydrogens is 467 g/mol. The highest BCUT2D eigenvalue weighted by Gasteiger charge is 2.40. The molecule has 0 aliphatic carbocycles. The number of ether oxygens (including phenoxy) is 1. The van der Waals surface area contributed by atoms with Gasteiger partial charge < -0.3 is 29.6 Å². The predicted octanol–water partition coefficient (Wildman–Crippen LogP) is 1.99. The summed E-state index contributed by atoms with van der Waals surface area (Å²) in [4.78, 5) is 38.2. The van der Waals surface area contributed by atoms with Gasteiger partial charge in [0.25, 0.3) is 12.3 Å². The van der Waals surface area contributed by atoms with E-state index in [1.807, 2.05) is 0 Å². The van der Waals surface area contributed by atoms with E-state index in [4.69, 9.17) is 22.2 Å². The standard InChI is InChI=1S/C22H28ClFN6O4/c1-5-18(11-15(2)24)34-22-27-20(29(4)14-31)19(21(32)28(3)9-6-10-33-25)30(22)13-17-8-7-16(23)12-26-17/h5,7-8,11-12,14,22,27H,1-2,6,9-10,13,25H2,3-4H3/b18-11+. The van der Waals surface area contributed by atoms with Crippen LogP contribution in [0.5, 0.6) is 0 Å². The summed E-state index contributed by atoms with van der Waals surface area (Å²) in [6.45, 7) is 7.53. The number of aromatic nitrogens is 1. The molecule has 0 radical (unpaired) electrons. The Kier molecular flexibility index (Phi) is 10.0. The molecule has 0 aromatic carbocycles. The van der Waals surface area contributed by atoms with Gasteiger partial charge in [0.1, 0.15) is 23.1 Å². The summed E-state index contributed by atoms with van der Waals surface area (Å²) in [7, 11) is 3.10. The van der Waals surface area contributed by atoms with Gasteiger partial charge in [-0.15, -0.1) is 0 Å². The molecule has 2 heterocycles. The molecule has 1 aromatic heterocycles. The third-order valence-corrected chi connectivity index (χ3v) is 4.96. The quantitative estimate of drug-likeness (QED) is 0.141. The van der Waals surface area contributed by atoms with Crippen molar-refractivity contribution in [1.29, 1.82) is 0 Å². The van der Waals surface area contributed by atoms with E-state index in [1.54, 1.807) is 24.1 Å². The second kappa shape index (κ2) is 12.7. The van der Waals surface area contributed by atoms with Gasteiger partial charge in [-0.2, -0.15) is 0 Å². The molecule has 0 bridgehead atoms. The molecule has 0 saturated heterocycles. The van der Waals surface area contributed by atoms with Crippen LogP contribution in [0, 0.1) is 0 Å². The number of likely N-dealkylation sites (N-methyl/N-ethyl adjacent to an activating group) is 1. The number of hydrogen-bond donors (Lipinski definition) is 2. The molecule has 34 heavy (non-hydrogen) atoms. The minimum Gasteiger partial charge on any atom is -0.452 e. The molecule has 1 aliphatic rings. The predicted molar refractivity (Wildman–Crippen MR) is 125 cm³/mol. The molecule has 0 spiro atoms. The Morgan fingerprint density at radius 2 is 2.18 bits per heavy atom. The molecule has 0 fully saturated rings. The van der Waals surface area contributed by atoms with Crippen LogP contribution in [0.1, 0.15) is 12.1 Å². The lowest BCUT2D eigenvalue weighted by Crippen LogP contribution is -2.42. The fraction of sp³-hybridized carbons (Fsp3) is 0.318. The van der Waals surface area contributed by atoms with Gasteiger partial charge >= 0.3 is 0 Å². The van der Waals surface area contributed by atoms with Crippen molar-refractivity contribution in [2.75, 3.05) is 27.2 Å². The van der Waals surface area contributed by atoms with Crippen LogP contribution < -0.4 is 11.2 Å². The molecule has 10 nitrogen and oxygen atoms in total. The maximum atomic E-state index is 13.5. The van der Waals surface area contributed by atoms with Crippen molar-refractivity contribution in [2.45, 2.75) is 19.3 Å². The van der Waals surface area contributed by atoms with Crippen LogP contribution >= 0.6 is 11.6 Å². The van der Waals surface area contributed by atoms with Crippen molar-refractivity contribution in [3.8, 4) is 0 Å². The third kappa shape index (κ3) is 7.04. The van der Waals surface area contributed by atoms with Crippen molar-refractivity contribution in [1.82, 2.24) is 25.0 Å². The number of nitrogens with two attached hydrogens (primary N) is 1. The Labute approximate surface area is 202 Å². The molecule has 0 saturated carbocycles. The Morgan fingerprint density at radius 1 is 1.44 bits per heavy atom. The van der Waals surface area contributed by atoms with Gasteiger partial charge in [-0.25, -0.2) is 10.3 Å². The fourth-order valence-corrected chi connectivity index (χ4v) is 3.20. The molecule has 1 aromatic rings. The molecular formula is C22H28ClFN6O4. The smallest absolute Gasteiger partial charge is 0.273 e. The van der Waals surface area contributed by atoms with Gasteiger partial charge in [-0.1, -0.05) is 24.8 Å². The van der Waals surface area contributed by atoms with Crippen LogP contribution in [-0.2, 0) is 25.7 Å². The molecule has 2 amide bonds. The topological polar surface area (TPSA) is 113 Å².